The van der Waals surface area contributed by atoms with Crippen LogP contribution in [-0.2, 0) is 6.42 Å². The zero-order chi connectivity index (χ0) is 17.1. The van der Waals surface area contributed by atoms with Crippen LogP contribution in [0.25, 0.3) is 33.1 Å². The summed E-state index contributed by atoms with van der Waals surface area (Å²) in [5, 5.41) is 2.08. The number of fused-ring (bicyclic) bond motifs is 3. The van der Waals surface area contributed by atoms with Crippen LogP contribution in [0.5, 0.6) is 0 Å². The van der Waals surface area contributed by atoms with Gasteiger partial charge in [0.25, 0.3) is 0 Å². The van der Waals surface area contributed by atoms with E-state index in [0.717, 1.165) is 39.5 Å². The molecule has 4 heteroatoms. The van der Waals surface area contributed by atoms with E-state index in [1.165, 1.54) is 11.1 Å². The molecule has 1 aliphatic carbocycles. The molecule has 0 amide bonds. The van der Waals surface area contributed by atoms with Crippen molar-refractivity contribution in [3.8, 4) is 11.3 Å². The van der Waals surface area contributed by atoms with E-state index >= 15 is 0 Å². The predicted octanol–water partition coefficient (Wildman–Crippen LogP) is 4.10. The van der Waals surface area contributed by atoms with Gasteiger partial charge in [-0.3, -0.25) is 9.55 Å². The average molecular weight is 327 g/mol. The molecule has 4 aromatic rings. The first-order valence-electron chi connectivity index (χ1n) is 8.55. The van der Waals surface area contributed by atoms with Crippen LogP contribution in [0.4, 0.5) is 0 Å². The lowest BCUT2D eigenvalue weighted by Crippen LogP contribution is -2.25. The third-order valence-corrected chi connectivity index (χ3v) is 4.88. The Morgan fingerprint density at radius 1 is 1.08 bits per heavy atom. The first kappa shape index (κ1) is 14.3. The van der Waals surface area contributed by atoms with Crippen LogP contribution < -0.4 is 5.69 Å². The van der Waals surface area contributed by atoms with Gasteiger partial charge in [0.15, 0.2) is 0 Å². The van der Waals surface area contributed by atoms with Crippen molar-refractivity contribution in [2.45, 2.75) is 26.3 Å². The van der Waals surface area contributed by atoms with E-state index in [1.807, 2.05) is 44.3 Å². The van der Waals surface area contributed by atoms with Gasteiger partial charge in [-0.1, -0.05) is 18.2 Å². The van der Waals surface area contributed by atoms with Crippen LogP contribution in [0, 0.1) is 0 Å². The largest absolute Gasteiger partial charge is 0.348 e. The van der Waals surface area contributed by atoms with Gasteiger partial charge in [0.2, 0.25) is 0 Å². The van der Waals surface area contributed by atoms with Gasteiger partial charge in [0, 0.05) is 28.6 Å². The second-order valence-electron chi connectivity index (χ2n) is 6.94. The number of pyridine rings is 1. The summed E-state index contributed by atoms with van der Waals surface area (Å²) < 4.78 is 1.78. The molecule has 0 aliphatic heterocycles. The van der Waals surface area contributed by atoms with Crippen molar-refractivity contribution >= 4 is 21.8 Å². The molecule has 1 aliphatic rings. The van der Waals surface area contributed by atoms with Crippen molar-refractivity contribution in [1.82, 2.24) is 14.5 Å². The molecular formula is C21H17N3O. The van der Waals surface area contributed by atoms with Crippen LogP contribution in [0.1, 0.15) is 31.0 Å². The van der Waals surface area contributed by atoms with Crippen molar-refractivity contribution in [2.24, 2.45) is 0 Å². The molecule has 0 bridgehead atoms. The molecule has 2 aromatic heterocycles. The summed E-state index contributed by atoms with van der Waals surface area (Å²) >= 11 is 0. The average Bonchev–Trinajstić information content (AvgIpc) is 3.36. The molecule has 4 nitrogen and oxygen atoms in total. The monoisotopic (exact) mass is 327 g/mol. The van der Waals surface area contributed by atoms with E-state index in [2.05, 4.69) is 28.2 Å². The highest BCUT2D eigenvalue weighted by Crippen LogP contribution is 2.36. The first-order valence-corrected chi connectivity index (χ1v) is 8.55. The number of nitrogens with zero attached hydrogens (tertiary/aromatic N) is 3. The van der Waals surface area contributed by atoms with E-state index in [9.17, 15) is 4.79 Å². The highest BCUT2D eigenvalue weighted by molar-refractivity contribution is 5.96. The smallest absolute Gasteiger partial charge is 0.289 e. The maximum Gasteiger partial charge on any atom is 0.348 e. The highest BCUT2D eigenvalue weighted by Gasteiger charge is 2.22. The van der Waals surface area contributed by atoms with Gasteiger partial charge < -0.3 is 0 Å². The second-order valence-corrected chi connectivity index (χ2v) is 6.94. The Morgan fingerprint density at radius 2 is 1.88 bits per heavy atom. The minimum absolute atomic E-state index is 0.0723. The minimum Gasteiger partial charge on any atom is -0.289 e. The standard InChI is InChI=1S/C21H17N3O/c1-12(2)24-19-10-15-8-14(15)9-17(19)20(23-21(24)25)16-7-13-5-3-4-6-18(13)22-11-16/h3-7,9-12H,8H2,1-2H3. The number of benzene rings is 2. The fourth-order valence-corrected chi connectivity index (χ4v) is 3.56. The van der Waals surface area contributed by atoms with Gasteiger partial charge >= 0.3 is 5.69 Å². The Morgan fingerprint density at radius 3 is 2.72 bits per heavy atom. The van der Waals surface area contributed by atoms with E-state index in [4.69, 9.17) is 0 Å². The fourth-order valence-electron chi connectivity index (χ4n) is 3.56. The van der Waals surface area contributed by atoms with Crippen molar-refractivity contribution in [2.75, 3.05) is 0 Å². The zero-order valence-electron chi connectivity index (χ0n) is 14.2. The molecule has 0 atom stereocenters. The number of hydrogen-bond acceptors (Lipinski definition) is 3. The van der Waals surface area contributed by atoms with Crippen LogP contribution >= 0.6 is 0 Å². The number of hydrogen-bond donors (Lipinski definition) is 0. The summed E-state index contributed by atoms with van der Waals surface area (Å²) in [5.41, 5.74) is 5.99. The van der Waals surface area contributed by atoms with E-state index < -0.39 is 0 Å². The van der Waals surface area contributed by atoms with Gasteiger partial charge in [-0.05, 0) is 55.7 Å². The van der Waals surface area contributed by atoms with Gasteiger partial charge in [0.1, 0.15) is 0 Å². The van der Waals surface area contributed by atoms with Crippen molar-refractivity contribution in [3.63, 3.8) is 0 Å². The SMILES string of the molecule is CC(C)n1c(=O)nc(-c2cnc3ccccc3c2)c2cc3c(cc21)C3. The summed E-state index contributed by atoms with van der Waals surface area (Å²) in [4.78, 5) is 21.7. The summed E-state index contributed by atoms with van der Waals surface area (Å²) in [6.07, 6.45) is 2.82. The van der Waals surface area contributed by atoms with E-state index in [-0.39, 0.29) is 11.7 Å². The third-order valence-electron chi connectivity index (χ3n) is 4.88. The minimum atomic E-state index is -0.203. The Balaban J connectivity index is 1.85. The normalized spacial score (nSPS) is 12.8. The molecule has 0 saturated carbocycles. The van der Waals surface area contributed by atoms with Crippen LogP contribution in [0.2, 0.25) is 0 Å². The molecule has 0 fully saturated rings. The summed E-state index contributed by atoms with van der Waals surface area (Å²) in [6, 6.07) is 14.5. The lowest BCUT2D eigenvalue weighted by molar-refractivity contribution is 0.587. The van der Waals surface area contributed by atoms with Crippen LogP contribution in [-0.4, -0.2) is 14.5 Å². The topological polar surface area (TPSA) is 47.8 Å². The number of aromatic nitrogens is 3. The molecule has 122 valence electrons. The Labute approximate surface area is 144 Å². The fraction of sp³-hybridized carbons (Fsp3) is 0.190. The lowest BCUT2D eigenvalue weighted by atomic mass is 10.1. The maximum absolute atomic E-state index is 12.7. The molecule has 0 N–H and O–H groups in total. The van der Waals surface area contributed by atoms with Crippen LogP contribution in [0.15, 0.2) is 53.5 Å². The molecule has 0 unspecified atom stereocenters. The summed E-state index contributed by atoms with van der Waals surface area (Å²) in [6.45, 7) is 4.04. The molecule has 5 rings (SSSR count). The molecule has 0 saturated heterocycles. The Kier molecular flexibility index (Phi) is 2.86. The molecule has 0 spiro atoms. The third kappa shape index (κ3) is 2.18. The number of para-hydroxylation sites is 1. The second kappa shape index (κ2) is 4.99. The molecule has 25 heavy (non-hydrogen) atoms. The van der Waals surface area contributed by atoms with Gasteiger partial charge in [-0.2, -0.15) is 4.98 Å². The van der Waals surface area contributed by atoms with Gasteiger partial charge in [0.05, 0.1) is 16.7 Å². The highest BCUT2D eigenvalue weighted by atomic mass is 16.1. The van der Waals surface area contributed by atoms with E-state index in [1.54, 1.807) is 4.57 Å². The summed E-state index contributed by atoms with van der Waals surface area (Å²) in [5.74, 6) is 0. The van der Waals surface area contributed by atoms with Crippen molar-refractivity contribution in [1.29, 1.82) is 0 Å². The van der Waals surface area contributed by atoms with Gasteiger partial charge in [-0.25, -0.2) is 4.79 Å². The zero-order valence-corrected chi connectivity index (χ0v) is 14.2. The quantitative estimate of drug-likeness (QED) is 0.490. The van der Waals surface area contributed by atoms with E-state index in [0.29, 0.717) is 0 Å². The van der Waals surface area contributed by atoms with Crippen molar-refractivity contribution in [3.05, 3.63) is 70.3 Å². The maximum atomic E-state index is 12.7. The summed E-state index contributed by atoms with van der Waals surface area (Å²) in [7, 11) is 0. The van der Waals surface area contributed by atoms with Crippen molar-refractivity contribution < 1.29 is 0 Å². The lowest BCUT2D eigenvalue weighted by Gasteiger charge is -2.15. The molecule has 2 heterocycles. The molecule has 2 aromatic carbocycles. The Bertz CT molecular complexity index is 1220. The molecule has 0 radical (unpaired) electrons. The first-order chi connectivity index (χ1) is 12.1. The van der Waals surface area contributed by atoms with Crippen LogP contribution in [0.3, 0.4) is 0 Å². The Hall–Kier alpha value is -3.01. The molecular weight excluding hydrogens is 310 g/mol. The predicted molar refractivity (Wildman–Crippen MR) is 99.9 cm³/mol. The van der Waals surface area contributed by atoms with Gasteiger partial charge in [-0.15, -0.1) is 0 Å². The number of rotatable bonds is 2.